The summed E-state index contributed by atoms with van der Waals surface area (Å²) in [6, 6.07) is 6.41. The minimum atomic E-state index is -0.237. The fraction of sp³-hybridized carbons (Fsp3) is 0.300. The molecule has 1 aromatic carbocycles. The highest BCUT2D eigenvalue weighted by Gasteiger charge is 2.02. The number of hydrogen-bond acceptors (Lipinski definition) is 2. The topological polar surface area (TPSA) is 53.1 Å². The zero-order valence-corrected chi connectivity index (χ0v) is 8.13. The Morgan fingerprint density at radius 3 is 2.86 bits per heavy atom. The molecule has 0 heterocycles. The van der Waals surface area contributed by atoms with Crippen molar-refractivity contribution < 1.29 is 4.39 Å². The van der Waals surface area contributed by atoms with Crippen LogP contribution in [0, 0.1) is 11.2 Å². The molecule has 0 amide bonds. The summed E-state index contributed by atoms with van der Waals surface area (Å²) in [5, 5.41) is 7.09. The Morgan fingerprint density at radius 1 is 1.57 bits per heavy atom. The van der Waals surface area contributed by atoms with Gasteiger partial charge >= 0.3 is 0 Å². The van der Waals surface area contributed by atoms with Crippen LogP contribution >= 0.6 is 0 Å². The molecule has 0 atom stereocenters. The van der Waals surface area contributed by atoms with Crippen LogP contribution in [0.4, 0.5) is 4.39 Å². The summed E-state index contributed by atoms with van der Waals surface area (Å²) in [5.41, 5.74) is 6.13. The van der Waals surface area contributed by atoms with Crippen molar-refractivity contribution in [2.45, 2.75) is 6.54 Å². The second kappa shape index (κ2) is 4.72. The quantitative estimate of drug-likeness (QED) is 0.560. The zero-order chi connectivity index (χ0) is 10.6. The number of hydrogen-bond donors (Lipinski definition) is 2. The van der Waals surface area contributed by atoms with E-state index in [2.05, 4.69) is 0 Å². The molecular formula is C10H14FN3. The highest BCUT2D eigenvalue weighted by molar-refractivity contribution is 5.78. The third kappa shape index (κ3) is 3.53. The summed E-state index contributed by atoms with van der Waals surface area (Å²) in [5.74, 6) is -0.123. The number of amidine groups is 1. The molecule has 0 aliphatic heterocycles. The van der Waals surface area contributed by atoms with Crippen LogP contribution in [0.2, 0.25) is 0 Å². The van der Waals surface area contributed by atoms with Gasteiger partial charge in [-0.3, -0.25) is 10.3 Å². The van der Waals surface area contributed by atoms with Crippen LogP contribution in [0.15, 0.2) is 24.3 Å². The van der Waals surface area contributed by atoms with Gasteiger partial charge in [-0.2, -0.15) is 0 Å². The van der Waals surface area contributed by atoms with E-state index in [4.69, 9.17) is 11.1 Å². The van der Waals surface area contributed by atoms with Crippen LogP contribution in [0.1, 0.15) is 5.56 Å². The van der Waals surface area contributed by atoms with Crippen LogP contribution < -0.4 is 5.73 Å². The first-order valence-electron chi connectivity index (χ1n) is 4.34. The van der Waals surface area contributed by atoms with Crippen LogP contribution in [-0.2, 0) is 6.54 Å². The van der Waals surface area contributed by atoms with Gasteiger partial charge in [-0.05, 0) is 24.7 Å². The third-order valence-electron chi connectivity index (χ3n) is 1.78. The van der Waals surface area contributed by atoms with Gasteiger partial charge in [-0.15, -0.1) is 0 Å². The first kappa shape index (κ1) is 10.7. The summed E-state index contributed by atoms with van der Waals surface area (Å²) in [6.07, 6.45) is 0. The Kier molecular flexibility index (Phi) is 3.59. The van der Waals surface area contributed by atoms with Crippen molar-refractivity contribution in [2.24, 2.45) is 5.73 Å². The predicted molar refractivity (Wildman–Crippen MR) is 54.6 cm³/mol. The monoisotopic (exact) mass is 195 g/mol. The molecule has 1 rings (SSSR count). The SMILES string of the molecule is CN(CC(=N)N)Cc1cccc(F)c1. The van der Waals surface area contributed by atoms with E-state index in [0.29, 0.717) is 13.1 Å². The first-order chi connectivity index (χ1) is 6.58. The maximum absolute atomic E-state index is 12.8. The van der Waals surface area contributed by atoms with E-state index in [-0.39, 0.29) is 11.7 Å². The normalized spacial score (nSPS) is 10.5. The predicted octanol–water partition coefficient (Wildman–Crippen LogP) is 1.19. The van der Waals surface area contributed by atoms with E-state index in [0.717, 1.165) is 5.56 Å². The number of nitrogens with one attached hydrogen (secondary N) is 1. The highest BCUT2D eigenvalue weighted by atomic mass is 19.1. The van der Waals surface area contributed by atoms with Crippen LogP contribution in [0.25, 0.3) is 0 Å². The number of likely N-dealkylation sites (N-methyl/N-ethyl adjacent to an activating group) is 1. The lowest BCUT2D eigenvalue weighted by Crippen LogP contribution is -2.29. The fourth-order valence-corrected chi connectivity index (χ4v) is 1.29. The Labute approximate surface area is 82.8 Å². The number of nitrogens with two attached hydrogens (primary N) is 1. The molecule has 0 aromatic heterocycles. The molecular weight excluding hydrogens is 181 g/mol. The summed E-state index contributed by atoms with van der Waals surface area (Å²) < 4.78 is 12.8. The van der Waals surface area contributed by atoms with Crippen molar-refractivity contribution >= 4 is 5.84 Å². The van der Waals surface area contributed by atoms with Gasteiger partial charge in [0, 0.05) is 6.54 Å². The fourth-order valence-electron chi connectivity index (χ4n) is 1.29. The van der Waals surface area contributed by atoms with Crippen LogP contribution in [0.5, 0.6) is 0 Å². The lowest BCUT2D eigenvalue weighted by Gasteiger charge is -2.15. The Bertz CT molecular complexity index is 325. The van der Waals surface area contributed by atoms with E-state index in [1.165, 1.54) is 12.1 Å². The summed E-state index contributed by atoms with van der Waals surface area (Å²) in [6.45, 7) is 0.994. The van der Waals surface area contributed by atoms with E-state index >= 15 is 0 Å². The molecule has 0 saturated carbocycles. The van der Waals surface area contributed by atoms with Crippen LogP contribution in [0.3, 0.4) is 0 Å². The summed E-state index contributed by atoms with van der Waals surface area (Å²) in [7, 11) is 1.84. The molecule has 0 unspecified atom stereocenters. The molecule has 0 radical (unpaired) electrons. The van der Waals surface area contributed by atoms with Gasteiger partial charge < -0.3 is 5.73 Å². The van der Waals surface area contributed by atoms with Gasteiger partial charge in [-0.1, -0.05) is 12.1 Å². The highest BCUT2D eigenvalue weighted by Crippen LogP contribution is 2.05. The van der Waals surface area contributed by atoms with Gasteiger partial charge in [-0.25, -0.2) is 4.39 Å². The zero-order valence-electron chi connectivity index (χ0n) is 8.13. The summed E-state index contributed by atoms with van der Waals surface area (Å²) in [4.78, 5) is 1.86. The number of halogens is 1. The van der Waals surface area contributed by atoms with Gasteiger partial charge in [0.25, 0.3) is 0 Å². The molecule has 0 spiro atoms. The van der Waals surface area contributed by atoms with Gasteiger partial charge in [0.05, 0.1) is 6.54 Å². The second-order valence-electron chi connectivity index (χ2n) is 3.33. The first-order valence-corrected chi connectivity index (χ1v) is 4.34. The van der Waals surface area contributed by atoms with Crippen LogP contribution in [-0.4, -0.2) is 24.3 Å². The smallest absolute Gasteiger partial charge is 0.123 e. The molecule has 76 valence electrons. The molecule has 0 aliphatic rings. The van der Waals surface area contributed by atoms with Crippen molar-refractivity contribution in [2.75, 3.05) is 13.6 Å². The van der Waals surface area contributed by atoms with Crippen molar-refractivity contribution in [3.63, 3.8) is 0 Å². The summed E-state index contributed by atoms with van der Waals surface area (Å²) >= 11 is 0. The van der Waals surface area contributed by atoms with Gasteiger partial charge in [0.1, 0.15) is 11.7 Å². The van der Waals surface area contributed by atoms with Crippen molar-refractivity contribution in [3.8, 4) is 0 Å². The molecule has 0 bridgehead atoms. The maximum atomic E-state index is 12.8. The molecule has 3 N–H and O–H groups in total. The number of benzene rings is 1. The van der Waals surface area contributed by atoms with Crippen molar-refractivity contribution in [1.82, 2.24) is 4.90 Å². The second-order valence-corrected chi connectivity index (χ2v) is 3.33. The molecule has 14 heavy (non-hydrogen) atoms. The molecule has 0 fully saturated rings. The van der Waals surface area contributed by atoms with Crippen molar-refractivity contribution in [3.05, 3.63) is 35.6 Å². The third-order valence-corrected chi connectivity index (χ3v) is 1.78. The largest absolute Gasteiger partial charge is 0.387 e. The van der Waals surface area contributed by atoms with Crippen molar-refractivity contribution in [1.29, 1.82) is 5.41 Å². The molecule has 3 nitrogen and oxygen atoms in total. The average Bonchev–Trinajstić information content (AvgIpc) is 2.01. The molecule has 4 heteroatoms. The minimum absolute atomic E-state index is 0.115. The molecule has 0 aliphatic carbocycles. The van der Waals surface area contributed by atoms with E-state index in [1.54, 1.807) is 6.07 Å². The number of nitrogens with zero attached hydrogens (tertiary/aromatic N) is 1. The standard InChI is InChI=1S/C10H14FN3/c1-14(7-10(12)13)6-8-3-2-4-9(11)5-8/h2-5H,6-7H2,1H3,(H3,12,13). The Balaban J connectivity index is 2.55. The molecule has 0 saturated heterocycles. The Hall–Kier alpha value is -1.42. The maximum Gasteiger partial charge on any atom is 0.123 e. The lowest BCUT2D eigenvalue weighted by atomic mass is 10.2. The minimum Gasteiger partial charge on any atom is -0.387 e. The Morgan fingerprint density at radius 2 is 2.29 bits per heavy atom. The van der Waals surface area contributed by atoms with Gasteiger partial charge in [0.2, 0.25) is 0 Å². The van der Waals surface area contributed by atoms with E-state index in [9.17, 15) is 4.39 Å². The number of rotatable bonds is 4. The lowest BCUT2D eigenvalue weighted by molar-refractivity contribution is 0.371. The van der Waals surface area contributed by atoms with E-state index in [1.807, 2.05) is 18.0 Å². The van der Waals surface area contributed by atoms with Gasteiger partial charge in [0.15, 0.2) is 0 Å². The average molecular weight is 195 g/mol. The van der Waals surface area contributed by atoms with E-state index < -0.39 is 0 Å². The molecule has 1 aromatic rings.